The van der Waals surface area contributed by atoms with Crippen LogP contribution < -0.4 is 10.1 Å². The second-order valence-corrected chi connectivity index (χ2v) is 6.64. The predicted octanol–water partition coefficient (Wildman–Crippen LogP) is 3.15. The van der Waals surface area contributed by atoms with Crippen LogP contribution in [0.25, 0.3) is 11.3 Å². The number of ether oxygens (including phenoxy) is 1. The zero-order valence-electron chi connectivity index (χ0n) is 15.7. The highest BCUT2D eigenvalue weighted by molar-refractivity contribution is 5.94. The number of nitrogens with zero attached hydrogens (tertiary/aromatic N) is 2. The molecule has 2 aromatic heterocycles. The summed E-state index contributed by atoms with van der Waals surface area (Å²) in [4.78, 5) is 16.1. The van der Waals surface area contributed by atoms with Crippen molar-refractivity contribution in [1.82, 2.24) is 15.5 Å². The molecule has 0 unspecified atom stereocenters. The number of benzene rings is 1. The van der Waals surface area contributed by atoms with E-state index in [1.54, 1.807) is 6.07 Å². The summed E-state index contributed by atoms with van der Waals surface area (Å²) in [6, 6.07) is 6.43. The minimum absolute atomic E-state index is 0.0829. The summed E-state index contributed by atoms with van der Waals surface area (Å²) in [5.41, 5.74) is 2.48. The number of hydrogen-bond acceptors (Lipinski definition) is 6. The molecule has 9 heteroatoms. The molecule has 0 radical (unpaired) electrons. The van der Waals surface area contributed by atoms with E-state index in [0.29, 0.717) is 17.7 Å². The molecule has 2 heterocycles. The fourth-order valence-electron chi connectivity index (χ4n) is 2.74. The van der Waals surface area contributed by atoms with Crippen molar-refractivity contribution in [2.45, 2.75) is 19.6 Å². The second kappa shape index (κ2) is 8.42. The Morgan fingerprint density at radius 2 is 2.07 bits per heavy atom. The minimum atomic E-state index is -1.03. The zero-order chi connectivity index (χ0) is 21.1. The van der Waals surface area contributed by atoms with Gasteiger partial charge >= 0.3 is 0 Å². The van der Waals surface area contributed by atoms with Gasteiger partial charge in [-0.1, -0.05) is 16.8 Å². The normalized spacial score (nSPS) is 12.4. The number of pyridine rings is 1. The number of halogens is 2. The number of rotatable bonds is 8. The molecule has 4 rings (SSSR count). The Kier molecular flexibility index (Phi) is 5.53. The number of aliphatic hydroxyl groups excluding tert-OH is 1. The molecule has 1 aliphatic carbocycles. The predicted molar refractivity (Wildman–Crippen MR) is 101 cm³/mol. The molecule has 7 nitrogen and oxygen atoms in total. The van der Waals surface area contributed by atoms with E-state index in [0.717, 1.165) is 18.6 Å². The van der Waals surface area contributed by atoms with Gasteiger partial charge in [0.1, 0.15) is 18.9 Å². The summed E-state index contributed by atoms with van der Waals surface area (Å²) in [6.07, 6.45) is 4.37. The van der Waals surface area contributed by atoms with Crippen LogP contribution in [0.2, 0.25) is 0 Å². The maximum atomic E-state index is 13.6. The molecule has 0 bridgehead atoms. The number of aromatic nitrogens is 2. The van der Waals surface area contributed by atoms with Crippen LogP contribution in [0, 0.1) is 11.6 Å². The first kappa shape index (κ1) is 19.7. The molecule has 1 amide bonds. The molecule has 3 aromatic rings. The van der Waals surface area contributed by atoms with Gasteiger partial charge in [0.05, 0.1) is 11.1 Å². The standard InChI is InChI=1S/C21H17F2N3O4/c22-16-5-3-13(7-17(16)23)20-15(18(10-27)30-26-20)11-29-19-6-4-14(9-24-19)21(28)25-8-12-1-2-12/h1,3-7,9,27H,2,8,10-11H2,(H,25,28). The van der Waals surface area contributed by atoms with Crippen LogP contribution in [-0.4, -0.2) is 27.7 Å². The van der Waals surface area contributed by atoms with Gasteiger partial charge in [0.25, 0.3) is 5.91 Å². The maximum absolute atomic E-state index is 13.6. The molecule has 0 atom stereocenters. The van der Waals surface area contributed by atoms with Crippen molar-refractivity contribution in [3.63, 3.8) is 0 Å². The largest absolute Gasteiger partial charge is 0.473 e. The monoisotopic (exact) mass is 413 g/mol. The van der Waals surface area contributed by atoms with Crippen molar-refractivity contribution in [3.05, 3.63) is 76.7 Å². The average molecular weight is 413 g/mol. The number of carbonyl (C=O) groups excluding carboxylic acids is 1. The van der Waals surface area contributed by atoms with Crippen LogP contribution in [0.5, 0.6) is 5.88 Å². The number of carbonyl (C=O) groups is 1. The lowest BCUT2D eigenvalue weighted by Crippen LogP contribution is -2.24. The van der Waals surface area contributed by atoms with Gasteiger partial charge in [-0.2, -0.15) is 0 Å². The first-order valence-electron chi connectivity index (χ1n) is 9.14. The van der Waals surface area contributed by atoms with E-state index in [2.05, 4.69) is 15.5 Å². The number of hydrogen-bond donors (Lipinski definition) is 2. The molecular weight excluding hydrogens is 396 g/mol. The van der Waals surface area contributed by atoms with Crippen molar-refractivity contribution in [2.24, 2.45) is 0 Å². The van der Waals surface area contributed by atoms with Crippen LogP contribution in [0.15, 0.2) is 52.7 Å². The number of aliphatic hydroxyl groups is 1. The Morgan fingerprint density at radius 1 is 1.23 bits per heavy atom. The van der Waals surface area contributed by atoms with Crippen molar-refractivity contribution >= 4 is 5.91 Å². The minimum Gasteiger partial charge on any atom is -0.473 e. The van der Waals surface area contributed by atoms with Gasteiger partial charge in [-0.15, -0.1) is 0 Å². The Morgan fingerprint density at radius 3 is 2.73 bits per heavy atom. The van der Waals surface area contributed by atoms with E-state index in [-0.39, 0.29) is 35.4 Å². The summed E-state index contributed by atoms with van der Waals surface area (Å²) in [7, 11) is 0. The fourth-order valence-corrected chi connectivity index (χ4v) is 2.74. The van der Waals surface area contributed by atoms with Crippen molar-refractivity contribution in [1.29, 1.82) is 0 Å². The van der Waals surface area contributed by atoms with Gasteiger partial charge in [-0.3, -0.25) is 4.79 Å². The smallest absolute Gasteiger partial charge is 0.253 e. The second-order valence-electron chi connectivity index (χ2n) is 6.64. The first-order chi connectivity index (χ1) is 14.5. The van der Waals surface area contributed by atoms with Crippen LogP contribution in [-0.2, 0) is 13.2 Å². The Bertz CT molecular complexity index is 1110. The molecule has 0 aliphatic heterocycles. The van der Waals surface area contributed by atoms with Gasteiger partial charge in [0, 0.05) is 24.4 Å². The third-order valence-electron chi connectivity index (χ3n) is 4.54. The lowest BCUT2D eigenvalue weighted by Gasteiger charge is -2.08. The van der Waals surface area contributed by atoms with Crippen LogP contribution >= 0.6 is 0 Å². The van der Waals surface area contributed by atoms with Crippen LogP contribution in [0.4, 0.5) is 8.78 Å². The molecule has 1 aliphatic rings. The summed E-state index contributed by atoms with van der Waals surface area (Å²) >= 11 is 0. The van der Waals surface area contributed by atoms with Crippen molar-refractivity contribution in [2.75, 3.05) is 6.54 Å². The fraction of sp³-hybridized carbons (Fsp3) is 0.190. The van der Waals surface area contributed by atoms with E-state index in [1.807, 2.05) is 6.08 Å². The van der Waals surface area contributed by atoms with Crippen LogP contribution in [0.1, 0.15) is 28.1 Å². The quantitative estimate of drug-likeness (QED) is 0.551. The topological polar surface area (TPSA) is 97.5 Å². The maximum Gasteiger partial charge on any atom is 0.253 e. The highest BCUT2D eigenvalue weighted by atomic mass is 19.2. The molecular formula is C21H17F2N3O4. The average Bonchev–Trinajstić information content (AvgIpc) is 3.50. The van der Waals surface area contributed by atoms with Crippen molar-refractivity contribution < 1.29 is 27.9 Å². The highest BCUT2D eigenvalue weighted by Gasteiger charge is 2.19. The van der Waals surface area contributed by atoms with E-state index in [1.165, 1.54) is 23.9 Å². The molecule has 0 saturated heterocycles. The third kappa shape index (κ3) is 4.36. The number of allylic oxidation sites excluding steroid dienone is 1. The van der Waals surface area contributed by atoms with Crippen molar-refractivity contribution in [3.8, 4) is 17.1 Å². The van der Waals surface area contributed by atoms with E-state index in [4.69, 9.17) is 9.26 Å². The lowest BCUT2D eigenvalue weighted by molar-refractivity contribution is 0.0957. The molecule has 154 valence electrons. The van der Waals surface area contributed by atoms with E-state index >= 15 is 0 Å². The summed E-state index contributed by atoms with van der Waals surface area (Å²) in [6.45, 7) is 0.0000295. The number of amides is 1. The molecule has 0 spiro atoms. The van der Waals surface area contributed by atoms with Gasteiger partial charge in [0.2, 0.25) is 5.88 Å². The SMILES string of the molecule is O=C(NCC1=CC1)c1ccc(OCc2c(-c3ccc(F)c(F)c3)noc2CO)nc1. The zero-order valence-corrected chi connectivity index (χ0v) is 15.7. The summed E-state index contributed by atoms with van der Waals surface area (Å²) in [5.74, 6) is -1.87. The highest BCUT2D eigenvalue weighted by Crippen LogP contribution is 2.28. The Labute approximate surface area is 170 Å². The molecule has 30 heavy (non-hydrogen) atoms. The Balaban J connectivity index is 1.46. The van der Waals surface area contributed by atoms with E-state index < -0.39 is 18.2 Å². The van der Waals surface area contributed by atoms with Gasteiger partial charge in [0.15, 0.2) is 17.4 Å². The van der Waals surface area contributed by atoms with Crippen LogP contribution in [0.3, 0.4) is 0 Å². The number of nitrogens with one attached hydrogen (secondary N) is 1. The summed E-state index contributed by atoms with van der Waals surface area (Å²) in [5, 5.41) is 16.1. The lowest BCUT2D eigenvalue weighted by atomic mass is 10.1. The summed E-state index contributed by atoms with van der Waals surface area (Å²) < 4.78 is 37.5. The van der Waals surface area contributed by atoms with Gasteiger partial charge < -0.3 is 19.7 Å². The molecule has 0 saturated carbocycles. The van der Waals surface area contributed by atoms with E-state index in [9.17, 15) is 18.7 Å². The molecule has 2 N–H and O–H groups in total. The van der Waals surface area contributed by atoms with Gasteiger partial charge in [-0.05, 0) is 30.7 Å². The molecule has 0 fully saturated rings. The third-order valence-corrected chi connectivity index (χ3v) is 4.54. The van der Waals surface area contributed by atoms with Gasteiger partial charge in [-0.25, -0.2) is 13.8 Å². The first-order valence-corrected chi connectivity index (χ1v) is 9.14. The molecule has 1 aromatic carbocycles. The Hall–Kier alpha value is -3.59.